The van der Waals surface area contributed by atoms with Gasteiger partial charge in [-0.3, -0.25) is 5.32 Å². The largest absolute Gasteiger partial charge is 0.378 e. The Morgan fingerprint density at radius 3 is 2.53 bits per heavy atom. The fourth-order valence-electron chi connectivity index (χ4n) is 1.91. The van der Waals surface area contributed by atoms with Crippen LogP contribution in [-0.4, -0.2) is 19.8 Å². The van der Waals surface area contributed by atoms with Gasteiger partial charge in [0.05, 0.1) is 12.7 Å². The lowest BCUT2D eigenvalue weighted by molar-refractivity contribution is 0.0865. The van der Waals surface area contributed by atoms with Gasteiger partial charge in [-0.1, -0.05) is 50.6 Å². The molecule has 0 aliphatic carbocycles. The van der Waals surface area contributed by atoms with Crippen LogP contribution in [0.25, 0.3) is 0 Å². The first-order chi connectivity index (χ1) is 9.29. The second-order valence-corrected chi connectivity index (χ2v) is 4.72. The summed E-state index contributed by atoms with van der Waals surface area (Å²) >= 11 is 0. The van der Waals surface area contributed by atoms with Crippen molar-refractivity contribution in [2.75, 3.05) is 19.8 Å². The predicted octanol–water partition coefficient (Wildman–Crippen LogP) is 3.22. The van der Waals surface area contributed by atoms with Crippen LogP contribution in [0.4, 0.5) is 0 Å². The fourth-order valence-corrected chi connectivity index (χ4v) is 1.91. The van der Waals surface area contributed by atoms with Gasteiger partial charge in [0.15, 0.2) is 5.54 Å². The number of nitrogens with one attached hydrogen (secondary N) is 1. The lowest BCUT2D eigenvalue weighted by Gasteiger charge is -2.28. The van der Waals surface area contributed by atoms with E-state index in [1.165, 1.54) is 0 Å². The zero-order valence-electron chi connectivity index (χ0n) is 12.0. The van der Waals surface area contributed by atoms with Crippen molar-refractivity contribution in [3.8, 4) is 6.07 Å². The van der Waals surface area contributed by atoms with Crippen LogP contribution < -0.4 is 5.32 Å². The number of benzene rings is 1. The van der Waals surface area contributed by atoms with Gasteiger partial charge in [0.25, 0.3) is 0 Å². The van der Waals surface area contributed by atoms with Crippen LogP contribution in [0.1, 0.15) is 38.7 Å². The normalized spacial score (nSPS) is 13.7. The molecule has 1 atom stereocenters. The van der Waals surface area contributed by atoms with Crippen molar-refractivity contribution in [3.05, 3.63) is 35.9 Å². The summed E-state index contributed by atoms with van der Waals surface area (Å²) < 4.78 is 5.70. The summed E-state index contributed by atoms with van der Waals surface area (Å²) in [7, 11) is 0. The standard InChI is InChI=1S/C16H24N2O/c1-3-5-12-19-14-16(13-17,18-11-4-2)15-9-7-6-8-10-15/h6-10,18H,3-5,11-12,14H2,1-2H3. The number of ether oxygens (including phenoxy) is 1. The van der Waals surface area contributed by atoms with Gasteiger partial charge in [-0.2, -0.15) is 5.26 Å². The molecule has 0 bridgehead atoms. The second-order valence-electron chi connectivity index (χ2n) is 4.72. The Balaban J connectivity index is 2.80. The molecule has 0 spiro atoms. The van der Waals surface area contributed by atoms with Gasteiger partial charge in [0.2, 0.25) is 0 Å². The first-order valence-electron chi connectivity index (χ1n) is 7.08. The Labute approximate surface area is 116 Å². The lowest BCUT2D eigenvalue weighted by atomic mass is 9.92. The van der Waals surface area contributed by atoms with Crippen LogP contribution in [0.3, 0.4) is 0 Å². The molecule has 0 aliphatic rings. The summed E-state index contributed by atoms with van der Waals surface area (Å²) in [5.74, 6) is 0. The minimum atomic E-state index is -0.731. The van der Waals surface area contributed by atoms with E-state index in [1.54, 1.807) is 0 Å². The molecule has 0 radical (unpaired) electrons. The molecule has 19 heavy (non-hydrogen) atoms. The quantitative estimate of drug-likeness (QED) is 0.693. The van der Waals surface area contributed by atoms with E-state index in [4.69, 9.17) is 4.74 Å². The zero-order chi connectivity index (χ0) is 14.0. The van der Waals surface area contributed by atoms with Gasteiger partial charge in [-0.05, 0) is 24.9 Å². The molecule has 3 heteroatoms. The number of rotatable bonds is 9. The van der Waals surface area contributed by atoms with Crippen LogP contribution in [0, 0.1) is 11.3 Å². The highest BCUT2D eigenvalue weighted by Crippen LogP contribution is 2.21. The topological polar surface area (TPSA) is 45.0 Å². The molecule has 1 N–H and O–H groups in total. The SMILES string of the molecule is CCCCOCC(C#N)(NCCC)c1ccccc1. The molecular formula is C16H24N2O. The summed E-state index contributed by atoms with van der Waals surface area (Å²) in [4.78, 5) is 0. The highest BCUT2D eigenvalue weighted by Gasteiger charge is 2.31. The van der Waals surface area contributed by atoms with Crippen LogP contribution in [0.2, 0.25) is 0 Å². The van der Waals surface area contributed by atoms with Crippen molar-refractivity contribution in [1.82, 2.24) is 5.32 Å². The molecule has 104 valence electrons. The third-order valence-corrected chi connectivity index (χ3v) is 3.10. The summed E-state index contributed by atoms with van der Waals surface area (Å²) in [5.41, 5.74) is 0.243. The zero-order valence-corrected chi connectivity index (χ0v) is 12.0. The van der Waals surface area contributed by atoms with Gasteiger partial charge < -0.3 is 4.74 Å². The Morgan fingerprint density at radius 2 is 1.95 bits per heavy atom. The molecule has 3 nitrogen and oxygen atoms in total. The molecule has 0 fully saturated rings. The summed E-state index contributed by atoms with van der Waals surface area (Å²) in [6, 6.07) is 12.3. The van der Waals surface area contributed by atoms with E-state index in [-0.39, 0.29) is 0 Å². The number of nitrogens with zero attached hydrogens (tertiary/aromatic N) is 1. The Kier molecular flexibility index (Phi) is 7.17. The van der Waals surface area contributed by atoms with Gasteiger partial charge in [-0.25, -0.2) is 0 Å². The van der Waals surface area contributed by atoms with Crippen molar-refractivity contribution in [2.45, 2.75) is 38.6 Å². The van der Waals surface area contributed by atoms with E-state index in [0.29, 0.717) is 13.2 Å². The average Bonchev–Trinajstić information content (AvgIpc) is 2.48. The molecule has 0 aromatic heterocycles. The van der Waals surface area contributed by atoms with E-state index in [9.17, 15) is 5.26 Å². The van der Waals surface area contributed by atoms with E-state index in [2.05, 4.69) is 25.2 Å². The summed E-state index contributed by atoms with van der Waals surface area (Å²) in [6.07, 6.45) is 3.13. The monoisotopic (exact) mass is 260 g/mol. The number of hydrogen-bond acceptors (Lipinski definition) is 3. The first-order valence-corrected chi connectivity index (χ1v) is 7.08. The van der Waals surface area contributed by atoms with Crippen LogP contribution >= 0.6 is 0 Å². The first kappa shape index (κ1) is 15.7. The average molecular weight is 260 g/mol. The number of nitriles is 1. The van der Waals surface area contributed by atoms with Crippen molar-refractivity contribution in [2.24, 2.45) is 0 Å². The van der Waals surface area contributed by atoms with Crippen LogP contribution in [-0.2, 0) is 10.3 Å². The van der Waals surface area contributed by atoms with Crippen molar-refractivity contribution >= 4 is 0 Å². The third-order valence-electron chi connectivity index (χ3n) is 3.10. The number of unbranched alkanes of at least 4 members (excludes halogenated alkanes) is 1. The molecular weight excluding hydrogens is 236 g/mol. The lowest BCUT2D eigenvalue weighted by Crippen LogP contribution is -2.45. The predicted molar refractivity (Wildman–Crippen MR) is 77.8 cm³/mol. The minimum absolute atomic E-state index is 0.396. The fraction of sp³-hybridized carbons (Fsp3) is 0.562. The Bertz CT molecular complexity index is 385. The Hall–Kier alpha value is -1.37. The molecule has 0 aliphatic heterocycles. The molecule has 0 amide bonds. The van der Waals surface area contributed by atoms with Gasteiger partial charge in [0, 0.05) is 6.61 Å². The minimum Gasteiger partial charge on any atom is -0.378 e. The Morgan fingerprint density at radius 1 is 1.21 bits per heavy atom. The maximum absolute atomic E-state index is 9.62. The van der Waals surface area contributed by atoms with Crippen molar-refractivity contribution in [3.63, 3.8) is 0 Å². The molecule has 0 saturated heterocycles. The molecule has 1 aromatic rings. The summed E-state index contributed by atoms with van der Waals surface area (Å²) in [5, 5.41) is 13.0. The molecule has 1 rings (SSSR count). The van der Waals surface area contributed by atoms with E-state index >= 15 is 0 Å². The maximum Gasteiger partial charge on any atom is 0.155 e. The molecule has 1 aromatic carbocycles. The van der Waals surface area contributed by atoms with Crippen molar-refractivity contribution in [1.29, 1.82) is 5.26 Å². The van der Waals surface area contributed by atoms with Gasteiger partial charge >= 0.3 is 0 Å². The highest BCUT2D eigenvalue weighted by molar-refractivity contribution is 5.31. The summed E-state index contributed by atoms with van der Waals surface area (Å²) in [6.45, 7) is 6.14. The second kappa shape index (κ2) is 8.68. The number of hydrogen-bond donors (Lipinski definition) is 1. The third kappa shape index (κ3) is 4.66. The van der Waals surface area contributed by atoms with E-state index in [1.807, 2.05) is 30.3 Å². The smallest absolute Gasteiger partial charge is 0.155 e. The van der Waals surface area contributed by atoms with E-state index in [0.717, 1.165) is 31.4 Å². The maximum atomic E-state index is 9.62. The van der Waals surface area contributed by atoms with E-state index < -0.39 is 5.54 Å². The van der Waals surface area contributed by atoms with Crippen LogP contribution in [0.5, 0.6) is 0 Å². The molecule has 0 saturated carbocycles. The highest BCUT2D eigenvalue weighted by atomic mass is 16.5. The van der Waals surface area contributed by atoms with Gasteiger partial charge in [0.1, 0.15) is 0 Å². The van der Waals surface area contributed by atoms with Crippen LogP contribution in [0.15, 0.2) is 30.3 Å². The molecule has 0 heterocycles. The van der Waals surface area contributed by atoms with Gasteiger partial charge in [-0.15, -0.1) is 0 Å². The molecule has 1 unspecified atom stereocenters. The van der Waals surface area contributed by atoms with Crippen molar-refractivity contribution < 1.29 is 4.74 Å².